The summed E-state index contributed by atoms with van der Waals surface area (Å²) in [5, 5.41) is 11.3. The minimum Gasteiger partial charge on any atom is -0.480 e. The Balaban J connectivity index is 4.42. The first-order valence-corrected chi connectivity index (χ1v) is 5.72. The normalized spacial score (nSPS) is 14.7. The number of aliphatic carboxylic acids is 1. The highest BCUT2D eigenvalue weighted by molar-refractivity contribution is 5.80. The van der Waals surface area contributed by atoms with Crippen LogP contribution in [0.15, 0.2) is 0 Å². The summed E-state index contributed by atoms with van der Waals surface area (Å²) >= 11 is 0. The molecular formula is C11H23N2O5+. The summed E-state index contributed by atoms with van der Waals surface area (Å²) in [4.78, 5) is 22.5. The Labute approximate surface area is 107 Å². The predicted molar refractivity (Wildman–Crippen MR) is 65.0 cm³/mol. The van der Waals surface area contributed by atoms with Gasteiger partial charge in [0, 0.05) is 13.5 Å². The average Bonchev–Trinajstić information content (AvgIpc) is 2.22. The second-order valence-corrected chi connectivity index (χ2v) is 4.99. The van der Waals surface area contributed by atoms with Gasteiger partial charge in [-0.15, -0.1) is 0 Å². The van der Waals surface area contributed by atoms with Gasteiger partial charge in [-0.3, -0.25) is 0 Å². The molecular weight excluding hydrogens is 240 g/mol. The Morgan fingerprint density at radius 1 is 1.33 bits per heavy atom. The number of carboxylic acid groups (broad SMARTS) is 1. The van der Waals surface area contributed by atoms with Crippen molar-refractivity contribution in [1.29, 1.82) is 0 Å². The second kappa shape index (κ2) is 7.17. The minimum atomic E-state index is -1.09. The van der Waals surface area contributed by atoms with Gasteiger partial charge in [-0.05, 0) is 0 Å². The van der Waals surface area contributed by atoms with E-state index in [9.17, 15) is 9.59 Å². The van der Waals surface area contributed by atoms with E-state index in [2.05, 4.69) is 5.32 Å². The maximum Gasteiger partial charge on any atom is 0.410 e. The van der Waals surface area contributed by atoms with Crippen molar-refractivity contribution in [3.05, 3.63) is 0 Å². The van der Waals surface area contributed by atoms with Gasteiger partial charge in [0.2, 0.25) is 6.29 Å². The molecule has 0 rings (SSSR count). The van der Waals surface area contributed by atoms with Crippen LogP contribution in [0, 0.1) is 0 Å². The largest absolute Gasteiger partial charge is 0.480 e. The molecule has 7 nitrogen and oxygen atoms in total. The number of carboxylic acids is 1. The molecule has 0 saturated carbocycles. The Hall–Kier alpha value is -1.34. The highest BCUT2D eigenvalue weighted by atomic mass is 16.7. The molecule has 0 aliphatic rings. The number of nitrogens with zero attached hydrogens (tertiary/aromatic N) is 1. The van der Waals surface area contributed by atoms with Crippen molar-refractivity contribution in [3.8, 4) is 0 Å². The van der Waals surface area contributed by atoms with Gasteiger partial charge in [0.05, 0.1) is 21.1 Å². The van der Waals surface area contributed by atoms with E-state index < -0.39 is 24.4 Å². The summed E-state index contributed by atoms with van der Waals surface area (Å²) < 4.78 is 10.2. The van der Waals surface area contributed by atoms with Crippen LogP contribution in [0.1, 0.15) is 13.3 Å². The molecule has 106 valence electrons. The van der Waals surface area contributed by atoms with Crippen molar-refractivity contribution in [3.63, 3.8) is 0 Å². The van der Waals surface area contributed by atoms with Crippen LogP contribution in [0.2, 0.25) is 0 Å². The first-order valence-electron chi connectivity index (χ1n) is 5.72. The molecule has 0 bridgehead atoms. The third-order valence-corrected chi connectivity index (χ3v) is 2.16. The molecule has 0 spiro atoms. The lowest BCUT2D eigenvalue weighted by molar-refractivity contribution is -0.870. The van der Waals surface area contributed by atoms with Crippen molar-refractivity contribution >= 4 is 12.1 Å². The van der Waals surface area contributed by atoms with E-state index in [0.717, 1.165) is 0 Å². The number of carbonyl (C=O) groups is 2. The van der Waals surface area contributed by atoms with Crippen molar-refractivity contribution in [2.45, 2.75) is 25.7 Å². The van der Waals surface area contributed by atoms with Crippen molar-refractivity contribution in [1.82, 2.24) is 5.32 Å². The summed E-state index contributed by atoms with van der Waals surface area (Å²) in [7, 11) is 6.94. The Kier molecular flexibility index (Phi) is 6.64. The predicted octanol–water partition coefficient (Wildman–Crippen LogP) is 0.255. The fourth-order valence-electron chi connectivity index (χ4n) is 1.33. The van der Waals surface area contributed by atoms with Crippen LogP contribution in [0.4, 0.5) is 4.79 Å². The zero-order chi connectivity index (χ0) is 14.3. The number of methoxy groups -OCH3 is 1. The molecule has 0 aromatic rings. The number of likely N-dealkylation sites (N-methyl/N-ethyl adjacent to an activating group) is 1. The molecule has 0 fully saturated rings. The SMILES string of the molecule is CCC(OC)OC(=O)NC(C[N+](C)(C)C)C(=O)O. The summed E-state index contributed by atoms with van der Waals surface area (Å²) in [6.07, 6.45) is -0.954. The van der Waals surface area contributed by atoms with Crippen LogP contribution in [0.5, 0.6) is 0 Å². The topological polar surface area (TPSA) is 84.9 Å². The zero-order valence-electron chi connectivity index (χ0n) is 11.6. The number of hydrogen-bond donors (Lipinski definition) is 2. The molecule has 0 heterocycles. The van der Waals surface area contributed by atoms with Crippen molar-refractivity contribution in [2.24, 2.45) is 0 Å². The van der Waals surface area contributed by atoms with Crippen molar-refractivity contribution < 1.29 is 28.7 Å². The van der Waals surface area contributed by atoms with Gasteiger partial charge in [0.15, 0.2) is 6.04 Å². The van der Waals surface area contributed by atoms with Gasteiger partial charge in [0.25, 0.3) is 0 Å². The average molecular weight is 263 g/mol. The van der Waals surface area contributed by atoms with Crippen LogP contribution < -0.4 is 5.32 Å². The number of rotatable bonds is 7. The maximum absolute atomic E-state index is 11.5. The maximum atomic E-state index is 11.5. The van der Waals surface area contributed by atoms with Crippen LogP contribution in [-0.2, 0) is 14.3 Å². The molecule has 0 aliphatic carbocycles. The van der Waals surface area contributed by atoms with Gasteiger partial charge in [-0.25, -0.2) is 9.59 Å². The second-order valence-electron chi connectivity index (χ2n) is 4.99. The van der Waals surface area contributed by atoms with E-state index in [1.165, 1.54) is 7.11 Å². The number of hydrogen-bond acceptors (Lipinski definition) is 4. The minimum absolute atomic E-state index is 0.258. The number of amides is 1. The highest BCUT2D eigenvalue weighted by Gasteiger charge is 2.27. The van der Waals surface area contributed by atoms with Gasteiger partial charge in [0.1, 0.15) is 6.54 Å². The monoisotopic (exact) mass is 263 g/mol. The van der Waals surface area contributed by atoms with Crippen LogP contribution in [-0.4, -0.2) is 68.8 Å². The van der Waals surface area contributed by atoms with Gasteiger partial charge < -0.3 is 24.4 Å². The van der Waals surface area contributed by atoms with E-state index in [1.807, 2.05) is 21.1 Å². The van der Waals surface area contributed by atoms with Gasteiger partial charge >= 0.3 is 12.1 Å². The van der Waals surface area contributed by atoms with Gasteiger partial charge in [-0.1, -0.05) is 6.92 Å². The molecule has 18 heavy (non-hydrogen) atoms. The zero-order valence-corrected chi connectivity index (χ0v) is 11.6. The molecule has 0 radical (unpaired) electrons. The third kappa shape index (κ3) is 7.08. The molecule has 2 atom stereocenters. The highest BCUT2D eigenvalue weighted by Crippen LogP contribution is 2.01. The molecule has 0 aromatic heterocycles. The lowest BCUT2D eigenvalue weighted by Crippen LogP contribution is -2.53. The summed E-state index contributed by atoms with van der Waals surface area (Å²) in [6.45, 7) is 2.05. The Morgan fingerprint density at radius 2 is 1.89 bits per heavy atom. The van der Waals surface area contributed by atoms with Crippen molar-refractivity contribution in [2.75, 3.05) is 34.8 Å². The number of ether oxygens (including phenoxy) is 2. The quantitative estimate of drug-likeness (QED) is 0.508. The molecule has 2 unspecified atom stereocenters. The van der Waals surface area contributed by atoms with E-state index in [1.54, 1.807) is 6.92 Å². The first-order chi connectivity index (χ1) is 8.19. The van der Waals surface area contributed by atoms with Crippen LogP contribution in [0.3, 0.4) is 0 Å². The standard InChI is InChI=1S/C11H22N2O5/c1-6-9(17-5)18-11(16)12-8(10(14)15)7-13(2,3)4/h8-9H,6-7H2,1-5H3,(H-,12,14,15,16)/p+1. The number of quaternary nitrogens is 1. The molecule has 2 N–H and O–H groups in total. The number of nitrogens with one attached hydrogen (secondary N) is 1. The molecule has 0 saturated heterocycles. The number of carbonyl (C=O) groups excluding carboxylic acids is 1. The number of alkyl carbamates (subject to hydrolysis) is 1. The van der Waals surface area contributed by atoms with E-state index in [0.29, 0.717) is 10.9 Å². The first kappa shape index (κ1) is 16.7. The molecule has 7 heteroatoms. The summed E-state index contributed by atoms with van der Waals surface area (Å²) in [5.41, 5.74) is 0. The fraction of sp³-hybridized carbons (Fsp3) is 0.818. The van der Waals surface area contributed by atoms with Gasteiger partial charge in [-0.2, -0.15) is 0 Å². The molecule has 0 aliphatic heterocycles. The summed E-state index contributed by atoms with van der Waals surface area (Å²) in [6, 6.07) is -0.994. The third-order valence-electron chi connectivity index (χ3n) is 2.16. The summed E-state index contributed by atoms with van der Waals surface area (Å²) in [5.74, 6) is -1.09. The molecule has 0 aromatic carbocycles. The van der Waals surface area contributed by atoms with Crippen LogP contribution >= 0.6 is 0 Å². The molecule has 1 amide bonds. The lowest BCUT2D eigenvalue weighted by atomic mass is 10.2. The lowest BCUT2D eigenvalue weighted by Gasteiger charge is -2.27. The Morgan fingerprint density at radius 3 is 2.22 bits per heavy atom. The van der Waals surface area contributed by atoms with Crippen LogP contribution in [0.25, 0.3) is 0 Å². The van der Waals surface area contributed by atoms with E-state index in [4.69, 9.17) is 14.6 Å². The Bertz CT molecular complexity index is 284. The van der Waals surface area contributed by atoms with E-state index >= 15 is 0 Å². The van der Waals surface area contributed by atoms with E-state index in [-0.39, 0.29) is 6.54 Å². The fourth-order valence-corrected chi connectivity index (χ4v) is 1.33. The smallest absolute Gasteiger partial charge is 0.410 e.